The summed E-state index contributed by atoms with van der Waals surface area (Å²) in [5.74, 6) is 0. The molecule has 0 aliphatic heterocycles. The minimum Gasteiger partial charge on any atom is -0.328 e. The van der Waals surface area contributed by atoms with E-state index in [-0.39, 0.29) is 16.5 Å². The van der Waals surface area contributed by atoms with E-state index in [1.54, 1.807) is 12.3 Å². The summed E-state index contributed by atoms with van der Waals surface area (Å²) in [7, 11) is 0. The molecule has 0 aromatic carbocycles. The summed E-state index contributed by atoms with van der Waals surface area (Å²) in [6.45, 7) is 6.24. The Morgan fingerprint density at radius 2 is 2.14 bits per heavy atom. The lowest BCUT2D eigenvalue weighted by molar-refractivity contribution is 0.410. The highest BCUT2D eigenvalue weighted by molar-refractivity contribution is 5.35. The largest absolute Gasteiger partial charge is 0.328 e. The summed E-state index contributed by atoms with van der Waals surface area (Å²) in [4.78, 5) is 13.8. The summed E-state index contributed by atoms with van der Waals surface area (Å²) in [6.07, 6.45) is 2.32. The highest BCUT2D eigenvalue weighted by Crippen LogP contribution is 2.20. The molecule has 1 aromatic rings. The molecule has 0 saturated carbocycles. The zero-order valence-electron chi connectivity index (χ0n) is 8.72. The van der Waals surface area contributed by atoms with E-state index in [0.29, 0.717) is 0 Å². The topological polar surface area (TPSA) is 56.6 Å². The maximum Gasteiger partial charge on any atom is 0.266 e. The number of nitriles is 1. The van der Waals surface area contributed by atoms with E-state index < -0.39 is 0 Å². The van der Waals surface area contributed by atoms with Crippen LogP contribution in [0.5, 0.6) is 0 Å². The van der Waals surface area contributed by atoms with Gasteiger partial charge in [-0.25, -0.2) is 0 Å². The molecule has 0 aliphatic carbocycles. The van der Waals surface area contributed by atoms with Crippen LogP contribution in [0.2, 0.25) is 0 Å². The number of hydrogen-bond acceptors (Lipinski definition) is 2. The van der Waals surface area contributed by atoms with E-state index in [0.717, 1.165) is 12.0 Å². The van der Waals surface area contributed by atoms with Crippen LogP contribution in [0, 0.1) is 16.7 Å². The minimum atomic E-state index is -0.297. The van der Waals surface area contributed by atoms with Crippen LogP contribution in [0.3, 0.4) is 0 Å². The van der Waals surface area contributed by atoms with Crippen LogP contribution in [0.4, 0.5) is 0 Å². The third-order valence-electron chi connectivity index (χ3n) is 1.88. The van der Waals surface area contributed by atoms with Crippen molar-refractivity contribution in [2.45, 2.75) is 27.2 Å². The Morgan fingerprint density at radius 1 is 1.50 bits per heavy atom. The molecule has 0 radical (unpaired) electrons. The number of pyridine rings is 1. The first-order chi connectivity index (χ1) is 6.44. The van der Waals surface area contributed by atoms with Gasteiger partial charge in [0, 0.05) is 6.20 Å². The van der Waals surface area contributed by atoms with Crippen LogP contribution in [0.1, 0.15) is 31.9 Å². The Hall–Kier alpha value is -1.56. The summed E-state index contributed by atoms with van der Waals surface area (Å²) >= 11 is 0. The van der Waals surface area contributed by atoms with E-state index in [9.17, 15) is 4.79 Å². The van der Waals surface area contributed by atoms with Crippen LogP contribution in [-0.4, -0.2) is 4.98 Å². The van der Waals surface area contributed by atoms with Gasteiger partial charge in [-0.1, -0.05) is 20.8 Å². The number of nitrogens with zero attached hydrogens (tertiary/aromatic N) is 1. The van der Waals surface area contributed by atoms with Gasteiger partial charge in [0.15, 0.2) is 0 Å². The molecular weight excluding hydrogens is 176 g/mol. The fourth-order valence-corrected chi connectivity index (χ4v) is 1.36. The van der Waals surface area contributed by atoms with Crippen molar-refractivity contribution in [1.82, 2.24) is 4.98 Å². The van der Waals surface area contributed by atoms with E-state index in [1.165, 1.54) is 0 Å². The van der Waals surface area contributed by atoms with Crippen LogP contribution < -0.4 is 5.56 Å². The Morgan fingerprint density at radius 3 is 2.64 bits per heavy atom. The van der Waals surface area contributed by atoms with E-state index in [2.05, 4.69) is 25.8 Å². The molecule has 1 rings (SSSR count). The number of aromatic amines is 1. The molecule has 0 aliphatic rings. The molecule has 0 spiro atoms. The van der Waals surface area contributed by atoms with E-state index in [1.807, 2.05) is 6.07 Å². The summed E-state index contributed by atoms with van der Waals surface area (Å²) in [5.41, 5.74) is 0.847. The van der Waals surface area contributed by atoms with Crippen molar-refractivity contribution in [3.05, 3.63) is 33.7 Å². The molecule has 0 saturated heterocycles. The Labute approximate surface area is 83.4 Å². The first-order valence-electron chi connectivity index (χ1n) is 4.55. The quantitative estimate of drug-likeness (QED) is 0.734. The van der Waals surface area contributed by atoms with Gasteiger partial charge in [-0.3, -0.25) is 4.79 Å². The lowest BCUT2D eigenvalue weighted by atomic mass is 9.87. The second kappa shape index (κ2) is 3.67. The molecule has 3 nitrogen and oxygen atoms in total. The Bertz CT molecular complexity index is 418. The van der Waals surface area contributed by atoms with Crippen molar-refractivity contribution < 1.29 is 0 Å². The standard InChI is InChI=1S/C11H14N2O/c1-11(2,3)6-8-4-5-13-10(14)9(8)7-12/h4-5H,6H2,1-3H3,(H,13,14). The molecule has 1 heterocycles. The molecule has 0 atom stereocenters. The monoisotopic (exact) mass is 190 g/mol. The van der Waals surface area contributed by atoms with Gasteiger partial charge in [0.05, 0.1) is 0 Å². The highest BCUT2D eigenvalue weighted by atomic mass is 16.1. The van der Waals surface area contributed by atoms with Gasteiger partial charge in [0.1, 0.15) is 11.6 Å². The van der Waals surface area contributed by atoms with Crippen molar-refractivity contribution in [1.29, 1.82) is 5.26 Å². The maximum absolute atomic E-state index is 11.3. The minimum absolute atomic E-state index is 0.0827. The molecule has 0 amide bonds. The average Bonchev–Trinajstić information content (AvgIpc) is 2.01. The zero-order valence-corrected chi connectivity index (χ0v) is 8.72. The van der Waals surface area contributed by atoms with E-state index >= 15 is 0 Å². The highest BCUT2D eigenvalue weighted by Gasteiger charge is 2.15. The predicted molar refractivity (Wildman–Crippen MR) is 54.9 cm³/mol. The lowest BCUT2D eigenvalue weighted by Crippen LogP contribution is -2.17. The molecule has 14 heavy (non-hydrogen) atoms. The summed E-state index contributed by atoms with van der Waals surface area (Å²) in [6, 6.07) is 3.74. The summed E-state index contributed by atoms with van der Waals surface area (Å²) < 4.78 is 0. The van der Waals surface area contributed by atoms with Crippen LogP contribution in [-0.2, 0) is 6.42 Å². The summed E-state index contributed by atoms with van der Waals surface area (Å²) in [5, 5.41) is 8.83. The first-order valence-corrected chi connectivity index (χ1v) is 4.55. The SMILES string of the molecule is CC(C)(C)Cc1cc[nH]c(=O)c1C#N. The van der Waals surface area contributed by atoms with Crippen molar-refractivity contribution in [3.63, 3.8) is 0 Å². The molecule has 0 bridgehead atoms. The molecule has 0 fully saturated rings. The number of aromatic nitrogens is 1. The van der Waals surface area contributed by atoms with Gasteiger partial charge in [0.2, 0.25) is 0 Å². The number of hydrogen-bond donors (Lipinski definition) is 1. The van der Waals surface area contributed by atoms with Gasteiger partial charge in [-0.05, 0) is 23.5 Å². The Kier molecular flexibility index (Phi) is 2.76. The molecule has 0 unspecified atom stereocenters. The number of rotatable bonds is 1. The average molecular weight is 190 g/mol. The number of nitrogens with one attached hydrogen (secondary N) is 1. The molecule has 3 heteroatoms. The molecule has 74 valence electrons. The molecular formula is C11H14N2O. The van der Waals surface area contributed by atoms with Crippen molar-refractivity contribution in [3.8, 4) is 6.07 Å². The number of H-pyrrole nitrogens is 1. The van der Waals surface area contributed by atoms with Gasteiger partial charge in [-0.2, -0.15) is 5.26 Å². The van der Waals surface area contributed by atoms with Crippen molar-refractivity contribution in [2.75, 3.05) is 0 Å². The van der Waals surface area contributed by atoms with Crippen molar-refractivity contribution in [2.24, 2.45) is 5.41 Å². The predicted octanol–water partition coefficient (Wildman–Crippen LogP) is 1.84. The normalized spacial score (nSPS) is 11.0. The zero-order chi connectivity index (χ0) is 10.8. The fraction of sp³-hybridized carbons (Fsp3) is 0.455. The Balaban J connectivity index is 3.17. The maximum atomic E-state index is 11.3. The van der Waals surface area contributed by atoms with E-state index in [4.69, 9.17) is 5.26 Å². The van der Waals surface area contributed by atoms with Crippen LogP contribution >= 0.6 is 0 Å². The third kappa shape index (κ3) is 2.46. The van der Waals surface area contributed by atoms with Gasteiger partial charge < -0.3 is 4.98 Å². The third-order valence-corrected chi connectivity index (χ3v) is 1.88. The fourth-order valence-electron chi connectivity index (χ4n) is 1.36. The smallest absolute Gasteiger partial charge is 0.266 e. The van der Waals surface area contributed by atoms with Gasteiger partial charge >= 0.3 is 0 Å². The molecule has 1 aromatic heterocycles. The lowest BCUT2D eigenvalue weighted by Gasteiger charge is -2.18. The second-order valence-corrected chi connectivity index (χ2v) is 4.56. The van der Waals surface area contributed by atoms with Gasteiger partial charge in [-0.15, -0.1) is 0 Å². The van der Waals surface area contributed by atoms with Crippen molar-refractivity contribution >= 4 is 0 Å². The van der Waals surface area contributed by atoms with Crippen LogP contribution in [0.25, 0.3) is 0 Å². The van der Waals surface area contributed by atoms with Crippen LogP contribution in [0.15, 0.2) is 17.1 Å². The first kappa shape index (κ1) is 10.5. The van der Waals surface area contributed by atoms with Gasteiger partial charge in [0.25, 0.3) is 5.56 Å². The second-order valence-electron chi connectivity index (χ2n) is 4.56. The molecule has 1 N–H and O–H groups in total.